The van der Waals surface area contributed by atoms with Crippen LogP contribution >= 0.6 is 0 Å². The Hall–Kier alpha value is -2.33. The van der Waals surface area contributed by atoms with Crippen LogP contribution in [0.2, 0.25) is 0 Å². The third-order valence-corrected chi connectivity index (χ3v) is 6.04. The molecule has 0 amide bonds. The lowest BCUT2D eigenvalue weighted by Gasteiger charge is -2.40. The van der Waals surface area contributed by atoms with E-state index in [0.29, 0.717) is 23.5 Å². The lowest BCUT2D eigenvalue weighted by atomic mass is 9.65. The SMILES string of the molecule is COc1cc(OC)c2c(c1)C(=O)[C@]1(O)c3ccccc3C(C)(C)[C@@H]1C2. The molecule has 0 spiro atoms. The van der Waals surface area contributed by atoms with E-state index in [4.69, 9.17) is 9.47 Å². The molecule has 0 saturated heterocycles. The van der Waals surface area contributed by atoms with Gasteiger partial charge in [0.2, 0.25) is 0 Å². The molecule has 25 heavy (non-hydrogen) atoms. The molecule has 0 saturated carbocycles. The van der Waals surface area contributed by atoms with Crippen LogP contribution in [0.4, 0.5) is 0 Å². The normalized spacial score (nSPS) is 25.8. The number of hydrogen-bond acceptors (Lipinski definition) is 4. The van der Waals surface area contributed by atoms with Crippen molar-refractivity contribution < 1.29 is 19.4 Å². The van der Waals surface area contributed by atoms with Crippen LogP contribution in [0, 0.1) is 5.92 Å². The highest BCUT2D eigenvalue weighted by atomic mass is 16.5. The van der Waals surface area contributed by atoms with E-state index >= 15 is 0 Å². The van der Waals surface area contributed by atoms with Crippen LogP contribution in [0.1, 0.15) is 40.9 Å². The zero-order valence-electron chi connectivity index (χ0n) is 14.9. The summed E-state index contributed by atoms with van der Waals surface area (Å²) in [5.41, 5.74) is 1.28. The summed E-state index contributed by atoms with van der Waals surface area (Å²) in [6.07, 6.45) is 0.576. The number of ether oxygens (including phenoxy) is 2. The molecule has 4 heteroatoms. The Morgan fingerprint density at radius 2 is 1.76 bits per heavy atom. The molecule has 0 aliphatic heterocycles. The average Bonchev–Trinajstić information content (AvgIpc) is 2.80. The maximum Gasteiger partial charge on any atom is 0.199 e. The standard InChI is InChI=1S/C21H22O4/c1-20(2)15-7-5-6-8-16(15)21(23)18(20)11-13-14(19(21)22)9-12(24-3)10-17(13)25-4/h5-10,18,23H,11H2,1-4H3/t18-,21-/m0/s1. The third-order valence-electron chi connectivity index (χ3n) is 6.04. The van der Waals surface area contributed by atoms with Gasteiger partial charge in [-0.3, -0.25) is 4.79 Å². The maximum atomic E-state index is 13.4. The Morgan fingerprint density at radius 3 is 2.40 bits per heavy atom. The Morgan fingerprint density at radius 1 is 1.08 bits per heavy atom. The first-order chi connectivity index (χ1) is 11.9. The molecule has 0 fully saturated rings. The van der Waals surface area contributed by atoms with Crippen molar-refractivity contribution in [1.82, 2.24) is 0 Å². The average molecular weight is 338 g/mol. The van der Waals surface area contributed by atoms with E-state index in [1.165, 1.54) is 0 Å². The molecule has 2 aromatic rings. The minimum Gasteiger partial charge on any atom is -0.497 e. The zero-order valence-corrected chi connectivity index (χ0v) is 14.9. The van der Waals surface area contributed by atoms with Crippen molar-refractivity contribution in [3.63, 3.8) is 0 Å². The molecule has 2 aliphatic carbocycles. The van der Waals surface area contributed by atoms with Gasteiger partial charge in [-0.25, -0.2) is 0 Å². The van der Waals surface area contributed by atoms with Gasteiger partial charge in [-0.15, -0.1) is 0 Å². The molecule has 0 heterocycles. The number of carbonyl (C=O) groups is 1. The molecule has 0 unspecified atom stereocenters. The number of ketones is 1. The second-order valence-electron chi connectivity index (χ2n) is 7.48. The van der Waals surface area contributed by atoms with Crippen LogP contribution in [-0.2, 0) is 17.4 Å². The van der Waals surface area contributed by atoms with Gasteiger partial charge in [0, 0.05) is 23.1 Å². The fourth-order valence-electron chi connectivity index (χ4n) is 4.70. The van der Waals surface area contributed by atoms with Crippen molar-refractivity contribution in [3.05, 3.63) is 58.7 Å². The molecule has 2 aliphatic rings. The van der Waals surface area contributed by atoms with E-state index in [2.05, 4.69) is 13.8 Å². The van der Waals surface area contributed by atoms with Gasteiger partial charge in [0.15, 0.2) is 11.4 Å². The highest BCUT2D eigenvalue weighted by Crippen LogP contribution is 2.58. The maximum absolute atomic E-state index is 13.4. The molecule has 4 rings (SSSR count). The molecule has 4 nitrogen and oxygen atoms in total. The van der Waals surface area contributed by atoms with Crippen LogP contribution in [0.3, 0.4) is 0 Å². The number of carbonyl (C=O) groups excluding carboxylic acids is 1. The van der Waals surface area contributed by atoms with Crippen LogP contribution < -0.4 is 9.47 Å². The van der Waals surface area contributed by atoms with Gasteiger partial charge in [0.1, 0.15) is 11.5 Å². The van der Waals surface area contributed by atoms with Gasteiger partial charge in [-0.1, -0.05) is 38.1 Å². The number of hydrogen-bond donors (Lipinski definition) is 1. The number of fused-ring (bicyclic) bond motifs is 4. The van der Waals surface area contributed by atoms with Gasteiger partial charge in [0.25, 0.3) is 0 Å². The van der Waals surface area contributed by atoms with Gasteiger partial charge in [-0.2, -0.15) is 0 Å². The quantitative estimate of drug-likeness (QED) is 0.913. The van der Waals surface area contributed by atoms with Crippen LogP contribution in [-0.4, -0.2) is 25.1 Å². The van der Waals surface area contributed by atoms with E-state index in [9.17, 15) is 9.90 Å². The summed E-state index contributed by atoms with van der Waals surface area (Å²) in [6.45, 7) is 4.20. The largest absolute Gasteiger partial charge is 0.497 e. The first-order valence-electron chi connectivity index (χ1n) is 8.47. The lowest BCUT2D eigenvalue weighted by molar-refractivity contribution is -0.0181. The monoisotopic (exact) mass is 338 g/mol. The molecule has 0 radical (unpaired) electrons. The third kappa shape index (κ3) is 1.89. The summed E-state index contributed by atoms with van der Waals surface area (Å²) in [4.78, 5) is 13.4. The molecule has 2 aromatic carbocycles. The number of rotatable bonds is 2. The van der Waals surface area contributed by atoms with Crippen molar-refractivity contribution in [2.45, 2.75) is 31.3 Å². The van der Waals surface area contributed by atoms with E-state index < -0.39 is 5.60 Å². The van der Waals surface area contributed by atoms with Gasteiger partial charge in [-0.05, 0) is 29.0 Å². The highest BCUT2D eigenvalue weighted by Gasteiger charge is 2.61. The first-order valence-corrected chi connectivity index (χ1v) is 8.47. The topological polar surface area (TPSA) is 55.8 Å². The summed E-state index contributed by atoms with van der Waals surface area (Å²) in [6, 6.07) is 11.2. The fraction of sp³-hybridized carbons (Fsp3) is 0.381. The van der Waals surface area contributed by atoms with Crippen molar-refractivity contribution in [2.75, 3.05) is 14.2 Å². The molecule has 1 N–H and O–H groups in total. The van der Waals surface area contributed by atoms with Crippen molar-refractivity contribution in [3.8, 4) is 11.5 Å². The molecular weight excluding hydrogens is 316 g/mol. The Bertz CT molecular complexity index is 883. The Labute approximate surface area is 147 Å². The molecule has 0 bridgehead atoms. The van der Waals surface area contributed by atoms with Crippen LogP contribution in [0.5, 0.6) is 11.5 Å². The Balaban J connectivity index is 2.00. The van der Waals surface area contributed by atoms with E-state index in [1.807, 2.05) is 24.3 Å². The molecule has 130 valence electrons. The van der Waals surface area contributed by atoms with Crippen molar-refractivity contribution >= 4 is 5.78 Å². The van der Waals surface area contributed by atoms with Crippen molar-refractivity contribution in [2.24, 2.45) is 5.92 Å². The highest BCUT2D eigenvalue weighted by molar-refractivity contribution is 6.07. The van der Waals surface area contributed by atoms with E-state index in [-0.39, 0.29) is 17.1 Å². The lowest BCUT2D eigenvalue weighted by Crippen LogP contribution is -2.49. The minimum atomic E-state index is -1.51. The predicted molar refractivity (Wildman–Crippen MR) is 94.4 cm³/mol. The fourth-order valence-corrected chi connectivity index (χ4v) is 4.70. The summed E-state index contributed by atoms with van der Waals surface area (Å²) in [5, 5.41) is 11.6. The number of benzene rings is 2. The molecule has 2 atom stereocenters. The Kier molecular flexibility index (Phi) is 3.29. The van der Waals surface area contributed by atoms with Crippen LogP contribution in [0.15, 0.2) is 36.4 Å². The number of methoxy groups -OCH3 is 2. The smallest absolute Gasteiger partial charge is 0.199 e. The summed E-state index contributed by atoms with van der Waals surface area (Å²) in [5.74, 6) is 0.682. The summed E-state index contributed by atoms with van der Waals surface area (Å²) >= 11 is 0. The minimum absolute atomic E-state index is 0.236. The molecular formula is C21H22O4. The second-order valence-corrected chi connectivity index (χ2v) is 7.48. The van der Waals surface area contributed by atoms with Crippen molar-refractivity contribution in [1.29, 1.82) is 0 Å². The summed E-state index contributed by atoms with van der Waals surface area (Å²) < 4.78 is 10.8. The van der Waals surface area contributed by atoms with Gasteiger partial charge >= 0.3 is 0 Å². The number of aliphatic hydroxyl groups is 1. The summed E-state index contributed by atoms with van der Waals surface area (Å²) in [7, 11) is 3.15. The van der Waals surface area contributed by atoms with E-state index in [1.54, 1.807) is 26.4 Å². The molecule has 0 aromatic heterocycles. The van der Waals surface area contributed by atoms with Gasteiger partial charge < -0.3 is 14.6 Å². The second kappa shape index (κ2) is 5.09. The zero-order chi connectivity index (χ0) is 18.0. The van der Waals surface area contributed by atoms with Gasteiger partial charge in [0.05, 0.1) is 14.2 Å². The van der Waals surface area contributed by atoms with E-state index in [0.717, 1.165) is 16.7 Å². The van der Waals surface area contributed by atoms with Crippen LogP contribution in [0.25, 0.3) is 0 Å². The first kappa shape index (κ1) is 16.2. The number of Topliss-reactive ketones (excluding diaryl/α,β-unsaturated/α-hetero) is 1. The predicted octanol–water partition coefficient (Wildman–Crippen LogP) is 3.24.